The molecule has 0 radical (unpaired) electrons. The number of halogens is 1. The number of benzene rings is 1. The summed E-state index contributed by atoms with van der Waals surface area (Å²) in [6, 6.07) is 5.32. The highest BCUT2D eigenvalue weighted by Crippen LogP contribution is 2.32. The maximum Gasteiger partial charge on any atom is 0.337 e. The van der Waals surface area contributed by atoms with Crippen molar-refractivity contribution in [3.05, 3.63) is 28.8 Å². The largest absolute Gasteiger partial charge is 0.478 e. The molecule has 1 aliphatic rings. The maximum absolute atomic E-state index is 11.3. The van der Waals surface area contributed by atoms with Gasteiger partial charge in [-0.05, 0) is 43.9 Å². The normalized spacial score (nSPS) is 18.8. The van der Waals surface area contributed by atoms with Gasteiger partial charge >= 0.3 is 5.97 Å². The Hall–Kier alpha value is -1.26. The van der Waals surface area contributed by atoms with Crippen molar-refractivity contribution in [1.29, 1.82) is 0 Å². The fraction of sp³-hybridized carbons (Fsp3) is 0.500. The molecule has 1 saturated heterocycles. The van der Waals surface area contributed by atoms with E-state index in [2.05, 4.69) is 4.90 Å². The van der Waals surface area contributed by atoms with Crippen LogP contribution in [0.15, 0.2) is 18.2 Å². The van der Waals surface area contributed by atoms with Crippen LogP contribution in [0.25, 0.3) is 0 Å². The van der Waals surface area contributed by atoms with Crippen LogP contribution in [0.1, 0.15) is 36.0 Å². The van der Waals surface area contributed by atoms with Gasteiger partial charge in [0, 0.05) is 24.2 Å². The summed E-state index contributed by atoms with van der Waals surface area (Å²) in [4.78, 5) is 13.5. The second-order valence-corrected chi connectivity index (χ2v) is 5.26. The summed E-state index contributed by atoms with van der Waals surface area (Å²) in [6.07, 6.45) is 3.73. The van der Waals surface area contributed by atoms with E-state index < -0.39 is 5.97 Å². The number of aliphatic hydroxyl groups excluding tert-OH is 1. The number of aromatic carboxylic acids is 1. The molecule has 1 heterocycles. The molecule has 0 saturated carbocycles. The van der Waals surface area contributed by atoms with Crippen LogP contribution in [0.5, 0.6) is 0 Å². The Kier molecular flexibility index (Phi) is 4.66. The summed E-state index contributed by atoms with van der Waals surface area (Å²) in [6.45, 7) is 1.04. The number of anilines is 1. The number of rotatable bonds is 5. The molecular weight excluding hydrogens is 266 g/mol. The molecular formula is C14H18ClNO3. The highest BCUT2D eigenvalue weighted by Gasteiger charge is 2.27. The molecule has 0 aromatic heterocycles. The molecule has 1 aromatic rings. The Bertz CT molecular complexity index is 464. The molecule has 1 aliphatic heterocycles. The number of carboxylic acids is 1. The average Bonchev–Trinajstić information content (AvgIpc) is 2.84. The zero-order valence-corrected chi connectivity index (χ0v) is 11.4. The van der Waals surface area contributed by atoms with Gasteiger partial charge in [-0.15, -0.1) is 0 Å². The molecule has 0 spiro atoms. The van der Waals surface area contributed by atoms with E-state index in [1.54, 1.807) is 12.1 Å². The molecule has 1 aromatic carbocycles. The molecule has 1 unspecified atom stereocenters. The summed E-state index contributed by atoms with van der Waals surface area (Å²) in [5.74, 6) is -0.953. The summed E-state index contributed by atoms with van der Waals surface area (Å²) < 4.78 is 0. The van der Waals surface area contributed by atoms with Gasteiger partial charge in [-0.2, -0.15) is 0 Å². The van der Waals surface area contributed by atoms with E-state index in [4.69, 9.17) is 16.7 Å². The van der Waals surface area contributed by atoms with E-state index in [-0.39, 0.29) is 12.2 Å². The van der Waals surface area contributed by atoms with Crippen molar-refractivity contribution in [2.75, 3.05) is 18.1 Å². The highest BCUT2D eigenvalue weighted by molar-refractivity contribution is 6.31. The van der Waals surface area contributed by atoms with E-state index in [9.17, 15) is 9.90 Å². The predicted molar refractivity (Wildman–Crippen MR) is 75.1 cm³/mol. The van der Waals surface area contributed by atoms with Crippen molar-refractivity contribution in [2.45, 2.75) is 31.7 Å². The SMILES string of the molecule is O=C(O)c1cc(Cl)ccc1N1CCCC1CCCO. The van der Waals surface area contributed by atoms with E-state index in [0.29, 0.717) is 11.1 Å². The third kappa shape index (κ3) is 3.19. The number of hydrogen-bond acceptors (Lipinski definition) is 3. The van der Waals surface area contributed by atoms with Gasteiger partial charge in [0.05, 0.1) is 11.3 Å². The topological polar surface area (TPSA) is 60.8 Å². The average molecular weight is 284 g/mol. The first kappa shape index (κ1) is 14.2. The van der Waals surface area contributed by atoms with Crippen LogP contribution in [0.3, 0.4) is 0 Å². The lowest BCUT2D eigenvalue weighted by Gasteiger charge is -2.28. The summed E-state index contributed by atoms with van der Waals surface area (Å²) in [5, 5.41) is 18.7. The Morgan fingerprint density at radius 2 is 2.26 bits per heavy atom. The minimum atomic E-state index is -0.953. The van der Waals surface area contributed by atoms with Crippen LogP contribution in [0, 0.1) is 0 Å². The first-order chi connectivity index (χ1) is 9.13. The van der Waals surface area contributed by atoms with Crippen molar-refractivity contribution in [3.8, 4) is 0 Å². The molecule has 104 valence electrons. The van der Waals surface area contributed by atoms with Crippen LogP contribution >= 0.6 is 11.6 Å². The molecule has 0 bridgehead atoms. The smallest absolute Gasteiger partial charge is 0.337 e. The van der Waals surface area contributed by atoms with Crippen LogP contribution in [0.2, 0.25) is 5.02 Å². The first-order valence-electron chi connectivity index (χ1n) is 6.54. The molecule has 19 heavy (non-hydrogen) atoms. The van der Waals surface area contributed by atoms with Crippen LogP contribution < -0.4 is 4.90 Å². The molecule has 0 amide bonds. The molecule has 1 atom stereocenters. The molecule has 1 fully saturated rings. The molecule has 4 nitrogen and oxygen atoms in total. The second kappa shape index (κ2) is 6.26. The standard InChI is InChI=1S/C14H18ClNO3/c15-10-5-6-13(12(9-10)14(18)19)16-7-1-3-11(16)4-2-8-17/h5-6,9,11,17H,1-4,7-8H2,(H,18,19). The Balaban J connectivity index is 2.27. The van der Waals surface area contributed by atoms with Crippen LogP contribution in [-0.2, 0) is 0 Å². The zero-order chi connectivity index (χ0) is 13.8. The lowest BCUT2D eigenvalue weighted by Crippen LogP contribution is -2.30. The van der Waals surface area contributed by atoms with Gasteiger partial charge in [-0.25, -0.2) is 4.79 Å². The van der Waals surface area contributed by atoms with Crippen LogP contribution in [-0.4, -0.2) is 35.4 Å². The molecule has 2 rings (SSSR count). The number of carboxylic acid groups (broad SMARTS) is 1. The molecule has 5 heteroatoms. The summed E-state index contributed by atoms with van der Waals surface area (Å²) >= 11 is 5.87. The predicted octanol–water partition coefficient (Wildman–Crippen LogP) is 2.78. The van der Waals surface area contributed by atoms with E-state index in [1.165, 1.54) is 6.07 Å². The maximum atomic E-state index is 11.3. The van der Waals surface area contributed by atoms with E-state index in [1.807, 2.05) is 0 Å². The third-order valence-corrected chi connectivity index (χ3v) is 3.81. The lowest BCUT2D eigenvalue weighted by atomic mass is 10.1. The highest BCUT2D eigenvalue weighted by atomic mass is 35.5. The van der Waals surface area contributed by atoms with E-state index >= 15 is 0 Å². The fourth-order valence-electron chi connectivity index (χ4n) is 2.71. The van der Waals surface area contributed by atoms with Gasteiger partial charge in [0.15, 0.2) is 0 Å². The summed E-state index contributed by atoms with van der Waals surface area (Å²) in [7, 11) is 0. The molecule has 2 N–H and O–H groups in total. The monoisotopic (exact) mass is 283 g/mol. The van der Waals surface area contributed by atoms with E-state index in [0.717, 1.165) is 37.9 Å². The van der Waals surface area contributed by atoms with Crippen LogP contribution in [0.4, 0.5) is 5.69 Å². The zero-order valence-electron chi connectivity index (χ0n) is 10.7. The van der Waals surface area contributed by atoms with Gasteiger partial charge in [-0.1, -0.05) is 11.6 Å². The van der Waals surface area contributed by atoms with Gasteiger partial charge in [0.25, 0.3) is 0 Å². The number of aliphatic hydroxyl groups is 1. The Morgan fingerprint density at radius 1 is 1.47 bits per heavy atom. The minimum Gasteiger partial charge on any atom is -0.478 e. The fourth-order valence-corrected chi connectivity index (χ4v) is 2.88. The summed E-state index contributed by atoms with van der Waals surface area (Å²) in [5.41, 5.74) is 0.987. The van der Waals surface area contributed by atoms with Gasteiger partial charge < -0.3 is 15.1 Å². The quantitative estimate of drug-likeness (QED) is 0.872. The van der Waals surface area contributed by atoms with Crippen molar-refractivity contribution >= 4 is 23.3 Å². The first-order valence-corrected chi connectivity index (χ1v) is 6.91. The van der Waals surface area contributed by atoms with Gasteiger partial charge in [0.1, 0.15) is 0 Å². The number of hydrogen-bond donors (Lipinski definition) is 2. The van der Waals surface area contributed by atoms with Gasteiger partial charge in [-0.3, -0.25) is 0 Å². The second-order valence-electron chi connectivity index (χ2n) is 4.82. The lowest BCUT2D eigenvalue weighted by molar-refractivity contribution is 0.0697. The molecule has 0 aliphatic carbocycles. The van der Waals surface area contributed by atoms with Crippen molar-refractivity contribution < 1.29 is 15.0 Å². The van der Waals surface area contributed by atoms with Crippen molar-refractivity contribution in [1.82, 2.24) is 0 Å². The Morgan fingerprint density at radius 3 is 2.95 bits per heavy atom. The van der Waals surface area contributed by atoms with Crippen molar-refractivity contribution in [2.24, 2.45) is 0 Å². The number of carbonyl (C=O) groups is 1. The van der Waals surface area contributed by atoms with Crippen molar-refractivity contribution in [3.63, 3.8) is 0 Å². The Labute approximate surface area is 117 Å². The minimum absolute atomic E-state index is 0.177. The number of nitrogens with zero attached hydrogens (tertiary/aromatic N) is 1. The third-order valence-electron chi connectivity index (χ3n) is 3.57. The van der Waals surface area contributed by atoms with Gasteiger partial charge in [0.2, 0.25) is 0 Å².